The van der Waals surface area contributed by atoms with Crippen molar-refractivity contribution in [1.82, 2.24) is 9.62 Å². The summed E-state index contributed by atoms with van der Waals surface area (Å²) in [5.74, 6) is -0.162. The molecule has 1 aromatic carbocycles. The molecule has 1 saturated carbocycles. The lowest BCUT2D eigenvalue weighted by Gasteiger charge is -2.34. The monoisotopic (exact) mass is 466 g/mol. The first-order chi connectivity index (χ1) is 15.1. The van der Waals surface area contributed by atoms with Gasteiger partial charge in [-0.2, -0.15) is 4.31 Å². The zero-order chi connectivity index (χ0) is 23.5. The summed E-state index contributed by atoms with van der Waals surface area (Å²) in [7, 11) is -3.78. The zero-order valence-electron chi connectivity index (χ0n) is 19.2. The van der Waals surface area contributed by atoms with Crippen LogP contribution in [0.15, 0.2) is 29.2 Å². The first-order valence-corrected chi connectivity index (χ1v) is 12.7. The summed E-state index contributed by atoms with van der Waals surface area (Å²) < 4.78 is 38.2. The molecule has 1 N–H and O–H groups in total. The summed E-state index contributed by atoms with van der Waals surface area (Å²) in [5, 5.41) is 2.96. The van der Waals surface area contributed by atoms with Crippen molar-refractivity contribution >= 4 is 21.9 Å². The summed E-state index contributed by atoms with van der Waals surface area (Å²) in [6.45, 7) is 8.06. The van der Waals surface area contributed by atoms with Crippen LogP contribution in [0.3, 0.4) is 0 Å². The molecule has 3 rings (SSSR count). The Balaban J connectivity index is 1.61. The highest BCUT2D eigenvalue weighted by molar-refractivity contribution is 7.89. The molecule has 0 aromatic heterocycles. The van der Waals surface area contributed by atoms with Crippen molar-refractivity contribution in [3.63, 3.8) is 0 Å². The van der Waals surface area contributed by atoms with Gasteiger partial charge in [-0.3, -0.25) is 4.79 Å². The summed E-state index contributed by atoms with van der Waals surface area (Å²) in [6, 6.07) is 5.81. The van der Waals surface area contributed by atoms with Gasteiger partial charge in [0.1, 0.15) is 0 Å². The summed E-state index contributed by atoms with van der Waals surface area (Å²) in [4.78, 5) is 24.8. The molecule has 8 nitrogen and oxygen atoms in total. The highest BCUT2D eigenvalue weighted by Gasteiger charge is 2.33. The number of amides is 1. The highest BCUT2D eigenvalue weighted by Crippen LogP contribution is 2.29. The van der Waals surface area contributed by atoms with Crippen LogP contribution in [0.2, 0.25) is 0 Å². The third-order valence-electron chi connectivity index (χ3n) is 6.48. The smallest absolute Gasteiger partial charge is 0.338 e. The van der Waals surface area contributed by atoms with Crippen LogP contribution >= 0.6 is 0 Å². The largest absolute Gasteiger partial charge is 0.452 e. The number of morpholine rings is 1. The fraction of sp³-hybridized carbons (Fsp3) is 0.652. The Morgan fingerprint density at radius 3 is 2.50 bits per heavy atom. The first-order valence-electron chi connectivity index (χ1n) is 11.3. The first kappa shape index (κ1) is 24.7. The van der Waals surface area contributed by atoms with Crippen LogP contribution in [0.1, 0.15) is 57.3 Å². The van der Waals surface area contributed by atoms with E-state index in [0.717, 1.165) is 19.3 Å². The molecule has 32 heavy (non-hydrogen) atoms. The molecule has 1 aliphatic heterocycles. The van der Waals surface area contributed by atoms with Crippen molar-refractivity contribution in [3.8, 4) is 0 Å². The molecule has 0 radical (unpaired) electrons. The molecule has 178 valence electrons. The Bertz CT molecular complexity index is 924. The fourth-order valence-electron chi connectivity index (χ4n) is 4.51. The Labute approximate surface area is 190 Å². The quantitative estimate of drug-likeness (QED) is 0.647. The minimum atomic E-state index is -3.78. The van der Waals surface area contributed by atoms with Gasteiger partial charge in [-0.15, -0.1) is 0 Å². The van der Waals surface area contributed by atoms with E-state index in [1.165, 1.54) is 28.6 Å². The molecule has 1 aliphatic carbocycles. The van der Waals surface area contributed by atoms with E-state index >= 15 is 0 Å². The summed E-state index contributed by atoms with van der Waals surface area (Å²) in [6.07, 6.45) is 2.72. The van der Waals surface area contributed by atoms with E-state index in [0.29, 0.717) is 11.8 Å². The predicted molar refractivity (Wildman–Crippen MR) is 120 cm³/mol. The van der Waals surface area contributed by atoms with Crippen LogP contribution < -0.4 is 5.32 Å². The van der Waals surface area contributed by atoms with Gasteiger partial charge in [0, 0.05) is 19.1 Å². The maximum Gasteiger partial charge on any atom is 0.338 e. The lowest BCUT2D eigenvalue weighted by molar-refractivity contribution is -0.125. The van der Waals surface area contributed by atoms with Crippen molar-refractivity contribution in [2.45, 2.75) is 70.1 Å². The molecule has 0 spiro atoms. The van der Waals surface area contributed by atoms with Crippen molar-refractivity contribution in [2.75, 3.05) is 19.7 Å². The third-order valence-corrected chi connectivity index (χ3v) is 8.31. The topological polar surface area (TPSA) is 102 Å². The van der Waals surface area contributed by atoms with Gasteiger partial charge >= 0.3 is 5.97 Å². The molecule has 1 aromatic rings. The summed E-state index contributed by atoms with van der Waals surface area (Å²) in [5.41, 5.74) is 0.0906. The fourth-order valence-corrected chi connectivity index (χ4v) is 6.15. The number of hydrogen-bond acceptors (Lipinski definition) is 6. The van der Waals surface area contributed by atoms with E-state index in [1.807, 2.05) is 13.8 Å². The molecule has 0 unspecified atom stereocenters. The molecule has 1 heterocycles. The van der Waals surface area contributed by atoms with E-state index in [-0.39, 0.29) is 47.7 Å². The Morgan fingerprint density at radius 2 is 1.81 bits per heavy atom. The molecular weight excluding hydrogens is 432 g/mol. The summed E-state index contributed by atoms with van der Waals surface area (Å²) >= 11 is 0. The lowest BCUT2D eigenvalue weighted by Crippen LogP contribution is -2.48. The van der Waals surface area contributed by atoms with E-state index in [1.54, 1.807) is 0 Å². The highest BCUT2D eigenvalue weighted by atomic mass is 32.2. The predicted octanol–water partition coefficient (Wildman–Crippen LogP) is 2.58. The van der Waals surface area contributed by atoms with Gasteiger partial charge in [0.25, 0.3) is 5.91 Å². The van der Waals surface area contributed by atoms with Gasteiger partial charge in [-0.1, -0.05) is 32.8 Å². The lowest BCUT2D eigenvalue weighted by atomic mass is 9.78. The number of nitrogens with zero attached hydrogens (tertiary/aromatic N) is 1. The Kier molecular flexibility index (Phi) is 7.95. The van der Waals surface area contributed by atoms with Gasteiger partial charge in [-0.25, -0.2) is 13.2 Å². The molecule has 1 amide bonds. The van der Waals surface area contributed by atoms with Crippen LogP contribution in [-0.4, -0.2) is 62.5 Å². The standard InChI is InChI=1S/C23H34N2O6S/c1-15-7-5-10-21(18(15)4)24-22(26)14-30-23(27)19-8-6-9-20(11-19)32(28,29)25-12-16(2)31-17(3)13-25/h6,8-9,11,15-18,21H,5,7,10,12-14H2,1-4H3,(H,24,26)/t15-,16-,17-,18+,21-/m1/s1. The second-order valence-electron chi connectivity index (χ2n) is 9.12. The van der Waals surface area contributed by atoms with Crippen molar-refractivity contribution in [1.29, 1.82) is 0 Å². The van der Waals surface area contributed by atoms with E-state index in [9.17, 15) is 18.0 Å². The maximum atomic E-state index is 13.1. The second kappa shape index (κ2) is 10.3. The van der Waals surface area contributed by atoms with Crippen molar-refractivity contribution < 1.29 is 27.5 Å². The van der Waals surface area contributed by atoms with Crippen LogP contribution in [0.5, 0.6) is 0 Å². The average molecular weight is 467 g/mol. The molecule has 0 bridgehead atoms. The third kappa shape index (κ3) is 5.88. The number of carbonyl (C=O) groups is 2. The minimum absolute atomic E-state index is 0.0164. The van der Waals surface area contributed by atoms with Crippen LogP contribution in [0.4, 0.5) is 0 Å². The number of nitrogens with one attached hydrogen (secondary N) is 1. The Morgan fingerprint density at radius 1 is 1.12 bits per heavy atom. The number of carbonyl (C=O) groups excluding carboxylic acids is 2. The number of ether oxygens (including phenoxy) is 2. The average Bonchev–Trinajstić information content (AvgIpc) is 2.74. The molecular formula is C23H34N2O6S. The van der Waals surface area contributed by atoms with Crippen molar-refractivity contribution in [2.24, 2.45) is 11.8 Å². The van der Waals surface area contributed by atoms with Gasteiger partial charge in [0.05, 0.1) is 22.7 Å². The van der Waals surface area contributed by atoms with Gasteiger partial charge in [-0.05, 0) is 50.3 Å². The van der Waals surface area contributed by atoms with Gasteiger partial charge in [0.2, 0.25) is 10.0 Å². The van der Waals surface area contributed by atoms with E-state index in [4.69, 9.17) is 9.47 Å². The molecule has 5 atom stereocenters. The molecule has 2 aliphatic rings. The SMILES string of the molecule is C[C@H]1[C@H](C)CCC[C@H]1NC(=O)COC(=O)c1cccc(S(=O)(=O)N2C[C@@H](C)O[C@H](C)C2)c1. The van der Waals surface area contributed by atoms with Crippen LogP contribution in [-0.2, 0) is 24.3 Å². The van der Waals surface area contributed by atoms with E-state index in [2.05, 4.69) is 19.2 Å². The molecule has 2 fully saturated rings. The number of rotatable bonds is 6. The number of hydrogen-bond donors (Lipinski definition) is 1. The number of benzene rings is 1. The number of sulfonamides is 1. The maximum absolute atomic E-state index is 13.1. The Hall–Kier alpha value is -1.97. The van der Waals surface area contributed by atoms with Crippen molar-refractivity contribution in [3.05, 3.63) is 29.8 Å². The minimum Gasteiger partial charge on any atom is -0.452 e. The van der Waals surface area contributed by atoms with Gasteiger partial charge < -0.3 is 14.8 Å². The van der Waals surface area contributed by atoms with Gasteiger partial charge in [0.15, 0.2) is 6.61 Å². The van der Waals surface area contributed by atoms with Crippen LogP contribution in [0, 0.1) is 11.8 Å². The second-order valence-corrected chi connectivity index (χ2v) is 11.1. The normalized spacial score (nSPS) is 29.3. The zero-order valence-corrected chi connectivity index (χ0v) is 20.1. The molecule has 1 saturated heterocycles. The number of esters is 1. The van der Waals surface area contributed by atoms with E-state index < -0.39 is 22.6 Å². The van der Waals surface area contributed by atoms with Crippen LogP contribution in [0.25, 0.3) is 0 Å². The molecule has 9 heteroatoms.